The summed E-state index contributed by atoms with van der Waals surface area (Å²) in [5.74, 6) is 0.415. The average molecular weight is 357 g/mol. The van der Waals surface area contributed by atoms with Gasteiger partial charge in [-0.3, -0.25) is 9.59 Å². The lowest BCUT2D eigenvalue weighted by molar-refractivity contribution is -0.127. The Hall–Kier alpha value is -2.29. The number of nitriles is 1. The molecule has 0 spiro atoms. The van der Waals surface area contributed by atoms with Gasteiger partial charge in [-0.05, 0) is 31.6 Å². The fourth-order valence-corrected chi connectivity index (χ4v) is 3.90. The molecule has 0 radical (unpaired) electrons. The molecule has 6 nitrogen and oxygen atoms in total. The van der Waals surface area contributed by atoms with E-state index in [0.29, 0.717) is 18.0 Å². The molecule has 1 saturated carbocycles. The molecular weight excluding hydrogens is 330 g/mol. The molecule has 1 aliphatic carbocycles. The summed E-state index contributed by atoms with van der Waals surface area (Å²) in [6.45, 7) is 6.85. The van der Waals surface area contributed by atoms with Gasteiger partial charge in [-0.2, -0.15) is 5.26 Å². The van der Waals surface area contributed by atoms with Crippen LogP contribution in [0.2, 0.25) is 0 Å². The van der Waals surface area contributed by atoms with Crippen molar-refractivity contribution in [2.24, 2.45) is 11.8 Å². The summed E-state index contributed by atoms with van der Waals surface area (Å²) in [5.41, 5.74) is 0.121. The molecule has 1 saturated heterocycles. The monoisotopic (exact) mass is 357 g/mol. The van der Waals surface area contributed by atoms with Crippen molar-refractivity contribution in [1.82, 2.24) is 10.2 Å². The lowest BCUT2D eigenvalue weighted by Crippen LogP contribution is -2.54. The quantitative estimate of drug-likeness (QED) is 0.847. The number of carbonyl (C=O) groups is 2. The summed E-state index contributed by atoms with van der Waals surface area (Å²) in [6, 6.07) is 3.41. The fraction of sp³-hybridized carbons (Fsp3) is 0.650. The molecule has 0 bridgehead atoms. The van der Waals surface area contributed by atoms with Crippen LogP contribution < -0.4 is 5.32 Å². The third kappa shape index (κ3) is 3.35. The first-order valence-electron chi connectivity index (χ1n) is 9.53. The minimum atomic E-state index is -0.285. The minimum absolute atomic E-state index is 0.0171. The first kappa shape index (κ1) is 18.5. The third-order valence-electron chi connectivity index (χ3n) is 6.18. The highest BCUT2D eigenvalue weighted by atomic mass is 16.3. The standard InChI is InChI=1S/C20H27N3O3/c1-4-13(2)14(3)18(24)22-20(7-8-20)17-6-5-9-23(17)19(25)15-10-16(11-21)26-12-15/h10,12-14,17H,4-9H2,1-3H3,(H,22,24). The second kappa shape index (κ2) is 7.14. The zero-order valence-corrected chi connectivity index (χ0v) is 15.7. The van der Waals surface area contributed by atoms with Crippen molar-refractivity contribution in [3.8, 4) is 6.07 Å². The van der Waals surface area contributed by atoms with Gasteiger partial charge in [0.1, 0.15) is 12.3 Å². The molecule has 3 atom stereocenters. The maximum absolute atomic E-state index is 12.9. The lowest BCUT2D eigenvalue weighted by atomic mass is 9.92. The van der Waals surface area contributed by atoms with Gasteiger partial charge in [0.2, 0.25) is 11.7 Å². The van der Waals surface area contributed by atoms with Gasteiger partial charge in [-0.25, -0.2) is 0 Å². The van der Waals surface area contributed by atoms with E-state index >= 15 is 0 Å². The number of furan rings is 1. The number of hydrogen-bond acceptors (Lipinski definition) is 4. The molecule has 26 heavy (non-hydrogen) atoms. The number of nitrogens with one attached hydrogen (secondary N) is 1. The zero-order chi connectivity index (χ0) is 18.9. The third-order valence-corrected chi connectivity index (χ3v) is 6.18. The highest BCUT2D eigenvalue weighted by Gasteiger charge is 2.55. The Kier molecular flexibility index (Phi) is 5.08. The van der Waals surface area contributed by atoms with Crippen molar-refractivity contribution in [1.29, 1.82) is 5.26 Å². The average Bonchev–Trinajstić information content (AvgIpc) is 3.08. The highest BCUT2D eigenvalue weighted by Crippen LogP contribution is 2.45. The molecule has 1 aromatic heterocycles. The largest absolute Gasteiger partial charge is 0.453 e. The van der Waals surface area contributed by atoms with Gasteiger partial charge in [-0.15, -0.1) is 0 Å². The van der Waals surface area contributed by atoms with Gasteiger partial charge in [-0.1, -0.05) is 27.2 Å². The molecule has 2 fully saturated rings. The molecule has 0 aromatic carbocycles. The van der Waals surface area contributed by atoms with Crippen LogP contribution in [0.25, 0.3) is 0 Å². The second-order valence-corrected chi connectivity index (χ2v) is 7.79. The molecule has 2 heterocycles. The van der Waals surface area contributed by atoms with E-state index in [0.717, 1.165) is 32.1 Å². The predicted molar refractivity (Wildman–Crippen MR) is 96.2 cm³/mol. The van der Waals surface area contributed by atoms with Crippen LogP contribution in [0.4, 0.5) is 0 Å². The van der Waals surface area contributed by atoms with Crippen molar-refractivity contribution >= 4 is 11.8 Å². The lowest BCUT2D eigenvalue weighted by Gasteiger charge is -2.33. The number of carbonyl (C=O) groups excluding carboxylic acids is 2. The molecule has 1 N–H and O–H groups in total. The molecule has 6 heteroatoms. The molecule has 1 aliphatic heterocycles. The summed E-state index contributed by atoms with van der Waals surface area (Å²) in [4.78, 5) is 27.4. The molecule has 1 aromatic rings. The molecular formula is C20H27N3O3. The number of amides is 2. The van der Waals surface area contributed by atoms with Crippen molar-refractivity contribution in [3.63, 3.8) is 0 Å². The number of rotatable bonds is 6. The summed E-state index contributed by atoms with van der Waals surface area (Å²) in [5, 5.41) is 12.2. The Morgan fingerprint density at radius 3 is 2.77 bits per heavy atom. The Balaban J connectivity index is 1.72. The normalized spacial score (nSPS) is 23.2. The summed E-state index contributed by atoms with van der Waals surface area (Å²) >= 11 is 0. The summed E-state index contributed by atoms with van der Waals surface area (Å²) < 4.78 is 5.09. The van der Waals surface area contributed by atoms with E-state index in [4.69, 9.17) is 9.68 Å². The van der Waals surface area contributed by atoms with Gasteiger partial charge < -0.3 is 14.6 Å². The molecule has 2 amide bonds. The maximum Gasteiger partial charge on any atom is 0.257 e. The van der Waals surface area contributed by atoms with E-state index in [1.807, 2.05) is 17.9 Å². The number of likely N-dealkylation sites (tertiary alicyclic amines) is 1. The van der Waals surface area contributed by atoms with E-state index in [2.05, 4.69) is 19.2 Å². The molecule has 3 rings (SSSR count). The summed E-state index contributed by atoms with van der Waals surface area (Å²) in [7, 11) is 0. The van der Waals surface area contributed by atoms with Crippen LogP contribution >= 0.6 is 0 Å². The molecule has 3 unspecified atom stereocenters. The topological polar surface area (TPSA) is 86.3 Å². The summed E-state index contributed by atoms with van der Waals surface area (Å²) in [6.07, 6.45) is 5.96. The van der Waals surface area contributed by atoms with E-state index in [1.54, 1.807) is 0 Å². The van der Waals surface area contributed by atoms with Gasteiger partial charge in [0, 0.05) is 18.5 Å². The van der Waals surface area contributed by atoms with Crippen LogP contribution in [0.3, 0.4) is 0 Å². The Labute approximate surface area is 154 Å². The van der Waals surface area contributed by atoms with Gasteiger partial charge in [0.25, 0.3) is 5.91 Å². The highest BCUT2D eigenvalue weighted by molar-refractivity contribution is 5.94. The van der Waals surface area contributed by atoms with E-state index in [1.165, 1.54) is 12.3 Å². The van der Waals surface area contributed by atoms with E-state index in [9.17, 15) is 9.59 Å². The smallest absolute Gasteiger partial charge is 0.257 e. The van der Waals surface area contributed by atoms with Crippen LogP contribution in [0, 0.1) is 23.2 Å². The number of nitrogens with zero attached hydrogens (tertiary/aromatic N) is 2. The van der Waals surface area contributed by atoms with Gasteiger partial charge in [0.15, 0.2) is 0 Å². The SMILES string of the molecule is CCC(C)C(C)C(=O)NC1(C2CCCN2C(=O)c2coc(C#N)c2)CC1. The molecule has 140 valence electrons. The zero-order valence-electron chi connectivity index (χ0n) is 15.7. The van der Waals surface area contributed by atoms with Gasteiger partial charge >= 0.3 is 0 Å². The van der Waals surface area contributed by atoms with Crippen LogP contribution in [0.5, 0.6) is 0 Å². The van der Waals surface area contributed by atoms with Crippen molar-refractivity contribution in [3.05, 3.63) is 23.7 Å². The first-order chi connectivity index (χ1) is 12.4. The van der Waals surface area contributed by atoms with Crippen LogP contribution in [-0.2, 0) is 4.79 Å². The second-order valence-electron chi connectivity index (χ2n) is 7.79. The van der Waals surface area contributed by atoms with Crippen LogP contribution in [0.15, 0.2) is 16.7 Å². The number of hydrogen-bond donors (Lipinski definition) is 1. The predicted octanol–water partition coefficient (Wildman–Crippen LogP) is 3.09. The van der Waals surface area contributed by atoms with Crippen molar-refractivity contribution in [2.45, 2.75) is 64.5 Å². The first-order valence-corrected chi connectivity index (χ1v) is 9.53. The van der Waals surface area contributed by atoms with Crippen LogP contribution in [0.1, 0.15) is 69.0 Å². The van der Waals surface area contributed by atoms with Crippen molar-refractivity contribution < 1.29 is 14.0 Å². The van der Waals surface area contributed by atoms with Gasteiger partial charge in [0.05, 0.1) is 17.1 Å². The Morgan fingerprint density at radius 2 is 2.19 bits per heavy atom. The van der Waals surface area contributed by atoms with E-state index < -0.39 is 0 Å². The Bertz CT molecular complexity index is 729. The fourth-order valence-electron chi connectivity index (χ4n) is 3.90. The van der Waals surface area contributed by atoms with Crippen LogP contribution in [-0.4, -0.2) is 34.8 Å². The van der Waals surface area contributed by atoms with Crippen molar-refractivity contribution in [2.75, 3.05) is 6.54 Å². The van der Waals surface area contributed by atoms with E-state index in [-0.39, 0.29) is 35.1 Å². The minimum Gasteiger partial charge on any atom is -0.453 e. The Morgan fingerprint density at radius 1 is 1.46 bits per heavy atom. The molecule has 2 aliphatic rings. The maximum atomic E-state index is 12.9.